The van der Waals surface area contributed by atoms with Gasteiger partial charge in [-0.15, -0.1) is 0 Å². The van der Waals surface area contributed by atoms with Crippen LogP contribution in [0.4, 0.5) is 34.1 Å². The van der Waals surface area contributed by atoms with Crippen molar-refractivity contribution >= 4 is 121 Å². The first-order chi connectivity index (χ1) is 26.0. The van der Waals surface area contributed by atoms with Crippen LogP contribution < -0.4 is 30.8 Å². The summed E-state index contributed by atoms with van der Waals surface area (Å²) in [7, 11) is 12.7. The Labute approximate surface area is 360 Å². The number of para-hydroxylation sites is 3. The summed E-state index contributed by atoms with van der Waals surface area (Å²) in [6.45, 7) is 0. The second-order valence-corrected chi connectivity index (χ2v) is 25.3. The van der Waals surface area contributed by atoms with Crippen molar-refractivity contribution < 1.29 is 0 Å². The molecule has 3 aliphatic rings. The van der Waals surface area contributed by atoms with Crippen molar-refractivity contribution in [1.82, 2.24) is 0 Å². The van der Waals surface area contributed by atoms with Gasteiger partial charge in [0.1, 0.15) is 0 Å². The molecule has 3 heterocycles. The van der Waals surface area contributed by atoms with Crippen LogP contribution in [0.5, 0.6) is 0 Å². The SMILES string of the molecule is CN(C)c1ccc2c(c1)S(I)=c1ccccc1=N2.CN(C)c1ccc2c(c1)S(I)=c1ccccc1=N2.CN(C)c1ccc2c(c1)S(I)=c1ccccc1=N2. The van der Waals surface area contributed by atoms with Gasteiger partial charge >= 0.3 is 0 Å². The molecule has 0 saturated heterocycles. The highest BCUT2D eigenvalue weighted by atomic mass is 127. The van der Waals surface area contributed by atoms with Crippen molar-refractivity contribution in [3.8, 4) is 0 Å². The number of halogens is 3. The molecule has 0 aliphatic carbocycles. The molecule has 9 rings (SSSR count). The highest BCUT2D eigenvalue weighted by Gasteiger charge is 2.14. The maximum atomic E-state index is 4.74. The Morgan fingerprint density at radius 2 is 0.630 bits per heavy atom. The van der Waals surface area contributed by atoms with Gasteiger partial charge in [-0.25, -0.2) is 15.0 Å². The molecular formula is C42H39I3N6S3. The molecule has 276 valence electrons. The van der Waals surface area contributed by atoms with Gasteiger partial charge in [0.2, 0.25) is 0 Å². The Morgan fingerprint density at radius 3 is 0.889 bits per heavy atom. The summed E-state index contributed by atoms with van der Waals surface area (Å²) in [4.78, 5) is 24.6. The Bertz CT molecular complexity index is 2520. The molecule has 6 aromatic rings. The first kappa shape index (κ1) is 39.6. The van der Waals surface area contributed by atoms with Gasteiger partial charge in [-0.3, -0.25) is 0 Å². The summed E-state index contributed by atoms with van der Waals surface area (Å²) in [6.07, 6.45) is 0. The van der Waals surface area contributed by atoms with Gasteiger partial charge in [-0.2, -0.15) is 0 Å². The van der Waals surface area contributed by atoms with E-state index < -0.39 is 0 Å². The van der Waals surface area contributed by atoms with E-state index in [1.807, 2.05) is 0 Å². The summed E-state index contributed by atoms with van der Waals surface area (Å²) in [5, 5.41) is 3.33. The van der Waals surface area contributed by atoms with Crippen LogP contribution in [0.1, 0.15) is 0 Å². The second-order valence-electron chi connectivity index (χ2n) is 13.1. The van der Waals surface area contributed by atoms with Crippen molar-refractivity contribution in [2.45, 2.75) is 14.7 Å². The normalized spacial score (nSPS) is 16.5. The summed E-state index contributed by atoms with van der Waals surface area (Å²) in [5.74, 6) is 0. The number of anilines is 3. The van der Waals surface area contributed by atoms with Gasteiger partial charge < -0.3 is 14.7 Å². The van der Waals surface area contributed by atoms with E-state index in [2.05, 4.69) is 248 Å². The lowest BCUT2D eigenvalue weighted by Gasteiger charge is -2.17. The highest BCUT2D eigenvalue weighted by molar-refractivity contribution is 14.2. The largest absolute Gasteiger partial charge is 0.378 e. The zero-order chi connectivity index (χ0) is 38.1. The number of hydrogen-bond donors (Lipinski definition) is 0. The lowest BCUT2D eigenvalue weighted by Crippen LogP contribution is -2.09. The fourth-order valence-electron chi connectivity index (χ4n) is 5.90. The first-order valence-electron chi connectivity index (χ1n) is 17.1. The molecule has 0 N–H and O–H groups in total. The van der Waals surface area contributed by atoms with E-state index >= 15 is 0 Å². The topological polar surface area (TPSA) is 46.8 Å². The number of nitrogens with zero attached hydrogens (tertiary/aromatic N) is 6. The van der Waals surface area contributed by atoms with Crippen molar-refractivity contribution in [2.24, 2.45) is 15.0 Å². The lowest BCUT2D eigenvalue weighted by molar-refractivity contribution is 1.12. The standard InChI is InChI=1S/3C14H13IN2S/c3*1-17(2)10-7-8-12-14(9-10)18(15)13-6-4-3-5-11(13)16-12/h3*3-9H,1-2H3. The highest BCUT2D eigenvalue weighted by Crippen LogP contribution is 2.47. The van der Waals surface area contributed by atoms with E-state index in [1.165, 1.54) is 45.3 Å². The molecule has 0 fully saturated rings. The van der Waals surface area contributed by atoms with Crippen LogP contribution in [0.25, 0.3) is 0 Å². The molecule has 12 heteroatoms. The summed E-state index contributed by atoms with van der Waals surface area (Å²) in [6, 6.07) is 44.8. The van der Waals surface area contributed by atoms with Crippen molar-refractivity contribution in [3.05, 3.63) is 157 Å². The van der Waals surface area contributed by atoms with E-state index in [9.17, 15) is 0 Å². The molecule has 0 amide bonds. The van der Waals surface area contributed by atoms with Gasteiger partial charge in [-0.1, -0.05) is 59.4 Å². The van der Waals surface area contributed by atoms with Crippen LogP contribution in [-0.2, 0) is 0 Å². The minimum Gasteiger partial charge on any atom is -0.378 e. The van der Waals surface area contributed by atoms with Crippen LogP contribution in [0.2, 0.25) is 0 Å². The van der Waals surface area contributed by atoms with E-state index in [4.69, 9.17) is 15.0 Å². The molecule has 3 aliphatic heterocycles. The average Bonchev–Trinajstić information content (AvgIpc) is 3.18. The van der Waals surface area contributed by atoms with Gasteiger partial charge in [0, 0.05) is 87.6 Å². The molecule has 0 spiro atoms. The number of fused-ring (bicyclic) bond motifs is 6. The molecular weight excluding hydrogens is 1070 g/mol. The fraction of sp³-hybridized carbons (Fsp3) is 0.143. The molecule has 6 aromatic carbocycles. The molecule has 0 aromatic heterocycles. The molecule has 3 atom stereocenters. The van der Waals surface area contributed by atoms with Crippen molar-refractivity contribution in [1.29, 1.82) is 0 Å². The van der Waals surface area contributed by atoms with Crippen LogP contribution >= 0.6 is 86.6 Å². The zero-order valence-corrected chi connectivity index (χ0v) is 39.6. The molecule has 3 unspecified atom stereocenters. The van der Waals surface area contributed by atoms with Crippen LogP contribution in [-0.4, -0.2) is 42.3 Å². The van der Waals surface area contributed by atoms with Gasteiger partial charge in [0.25, 0.3) is 0 Å². The van der Waals surface area contributed by atoms with E-state index in [1.54, 1.807) is 0 Å². The van der Waals surface area contributed by atoms with Crippen molar-refractivity contribution in [3.63, 3.8) is 0 Å². The third-order valence-electron chi connectivity index (χ3n) is 8.86. The van der Waals surface area contributed by atoms with E-state index in [0.29, 0.717) is 0 Å². The minimum absolute atomic E-state index is 0.0827. The van der Waals surface area contributed by atoms with Crippen LogP contribution in [0, 0.1) is 13.5 Å². The Kier molecular flexibility index (Phi) is 12.6. The molecule has 54 heavy (non-hydrogen) atoms. The van der Waals surface area contributed by atoms with E-state index in [-0.39, 0.29) is 23.0 Å². The zero-order valence-electron chi connectivity index (χ0n) is 30.7. The predicted octanol–water partition coefficient (Wildman–Crippen LogP) is 11.8. The Hall–Kier alpha value is -2.64. The predicted molar refractivity (Wildman–Crippen MR) is 260 cm³/mol. The monoisotopic (exact) mass is 1100 g/mol. The summed E-state index contributed by atoms with van der Waals surface area (Å²) < 4.78 is 4.00. The molecule has 6 nitrogen and oxygen atoms in total. The van der Waals surface area contributed by atoms with Gasteiger partial charge in [-0.05, 0) is 155 Å². The lowest BCUT2D eigenvalue weighted by atomic mass is 10.2. The van der Waals surface area contributed by atoms with E-state index in [0.717, 1.165) is 33.1 Å². The molecule has 0 bridgehead atoms. The first-order valence-corrected chi connectivity index (χ1v) is 28.4. The van der Waals surface area contributed by atoms with Gasteiger partial charge in [0.05, 0.1) is 33.1 Å². The van der Waals surface area contributed by atoms with Gasteiger partial charge in [0.15, 0.2) is 0 Å². The summed E-state index contributed by atoms with van der Waals surface area (Å²) in [5.41, 5.74) is 7.03. The number of rotatable bonds is 3. The number of benzene rings is 6. The fourth-order valence-corrected chi connectivity index (χ4v) is 16.2. The Balaban J connectivity index is 0.000000125. The quantitative estimate of drug-likeness (QED) is 0.131. The van der Waals surface area contributed by atoms with Crippen LogP contribution in [0.3, 0.4) is 0 Å². The third-order valence-corrected chi connectivity index (χ3v) is 21.7. The summed E-state index contributed by atoms with van der Waals surface area (Å²) >= 11 is 7.59. The second kappa shape index (κ2) is 17.2. The number of hydrogen-bond acceptors (Lipinski definition) is 6. The smallest absolute Gasteiger partial charge is 0.0777 e. The maximum Gasteiger partial charge on any atom is 0.0777 e. The maximum absolute atomic E-state index is 4.74. The van der Waals surface area contributed by atoms with Crippen molar-refractivity contribution in [2.75, 3.05) is 57.0 Å². The molecule has 0 radical (unpaired) electrons. The Morgan fingerprint density at radius 1 is 0.370 bits per heavy atom. The molecule has 0 saturated carbocycles. The van der Waals surface area contributed by atoms with Crippen LogP contribution in [0.15, 0.2) is 157 Å². The minimum atomic E-state index is 0.0827. The average molecular weight is 1100 g/mol. The third kappa shape index (κ3) is 8.38.